The lowest BCUT2D eigenvalue weighted by atomic mass is 10.1. The largest absolute Gasteiger partial charge is 0.381 e. The third-order valence-electron chi connectivity index (χ3n) is 4.09. The number of nitrogens with one attached hydrogen (secondary N) is 2. The van der Waals surface area contributed by atoms with Gasteiger partial charge in [-0.25, -0.2) is 4.39 Å². The van der Waals surface area contributed by atoms with Crippen LogP contribution in [0.4, 0.5) is 4.39 Å². The number of halogens is 2. The zero-order valence-electron chi connectivity index (χ0n) is 16.1. The summed E-state index contributed by atoms with van der Waals surface area (Å²) < 4.78 is 19.4. The Morgan fingerprint density at radius 1 is 1.31 bits per heavy atom. The fourth-order valence-electron chi connectivity index (χ4n) is 2.52. The van der Waals surface area contributed by atoms with E-state index < -0.39 is 0 Å². The number of hydrogen-bond donors (Lipinski definition) is 2. The maximum absolute atomic E-state index is 13.8. The van der Waals surface area contributed by atoms with Gasteiger partial charge >= 0.3 is 0 Å². The molecule has 0 heterocycles. The van der Waals surface area contributed by atoms with E-state index in [1.807, 2.05) is 25.1 Å². The molecule has 7 heteroatoms. The molecule has 2 N–H and O–H groups in total. The summed E-state index contributed by atoms with van der Waals surface area (Å²) in [6.07, 6.45) is 3.61. The Labute approximate surface area is 173 Å². The van der Waals surface area contributed by atoms with Crippen molar-refractivity contribution in [2.75, 3.05) is 40.9 Å². The van der Waals surface area contributed by atoms with E-state index in [2.05, 4.69) is 15.6 Å². The molecule has 0 aromatic heterocycles. The van der Waals surface area contributed by atoms with Crippen LogP contribution in [0.25, 0.3) is 0 Å². The number of aliphatic imine (C=N–C) groups is 1. The number of hydrogen-bond acceptors (Lipinski definition) is 3. The minimum absolute atomic E-state index is 0. The molecule has 0 bridgehead atoms. The van der Waals surface area contributed by atoms with Crippen LogP contribution in [0.1, 0.15) is 30.4 Å². The summed E-state index contributed by atoms with van der Waals surface area (Å²) in [4.78, 5) is 6.18. The van der Waals surface area contributed by atoms with Gasteiger partial charge in [0.25, 0.3) is 0 Å². The molecule has 26 heavy (non-hydrogen) atoms. The molecule has 0 radical (unpaired) electrons. The van der Waals surface area contributed by atoms with Gasteiger partial charge < -0.3 is 20.3 Å². The van der Waals surface area contributed by atoms with Gasteiger partial charge in [-0.2, -0.15) is 0 Å². The normalized spacial score (nSPS) is 14.3. The van der Waals surface area contributed by atoms with Crippen molar-refractivity contribution < 1.29 is 9.13 Å². The van der Waals surface area contributed by atoms with Crippen molar-refractivity contribution in [2.45, 2.75) is 32.4 Å². The van der Waals surface area contributed by atoms with E-state index in [9.17, 15) is 4.39 Å². The van der Waals surface area contributed by atoms with Crippen molar-refractivity contribution in [3.63, 3.8) is 0 Å². The maximum Gasteiger partial charge on any atom is 0.191 e. The summed E-state index contributed by atoms with van der Waals surface area (Å²) >= 11 is 0. The van der Waals surface area contributed by atoms with Crippen molar-refractivity contribution in [1.29, 1.82) is 0 Å². The average molecular weight is 478 g/mol. The van der Waals surface area contributed by atoms with E-state index in [0.29, 0.717) is 18.7 Å². The van der Waals surface area contributed by atoms with Crippen LogP contribution in [0, 0.1) is 11.7 Å². The van der Waals surface area contributed by atoms with Crippen molar-refractivity contribution >= 4 is 29.9 Å². The van der Waals surface area contributed by atoms with Crippen LogP contribution in [-0.4, -0.2) is 51.8 Å². The van der Waals surface area contributed by atoms with Gasteiger partial charge in [0.1, 0.15) is 5.82 Å². The number of rotatable bonds is 10. The molecule has 0 amide bonds. The Hall–Kier alpha value is -0.930. The standard InChI is InChI=1S/C19H31FN4O.HI/c1-21-19(22-9-4-10-25-14-15-5-6-15)23-12-16-7-8-18(20)17(11-16)13-24(2)3;/h7-8,11,15H,4-6,9-10,12-14H2,1-3H3,(H2,21,22,23);1H. The fourth-order valence-corrected chi connectivity index (χ4v) is 2.52. The van der Waals surface area contributed by atoms with Gasteiger partial charge in [-0.1, -0.05) is 6.07 Å². The van der Waals surface area contributed by atoms with Crippen LogP contribution in [0.2, 0.25) is 0 Å². The van der Waals surface area contributed by atoms with Crippen LogP contribution in [-0.2, 0) is 17.8 Å². The van der Waals surface area contributed by atoms with E-state index in [1.54, 1.807) is 13.1 Å². The molecule has 1 fully saturated rings. The Bertz CT molecular complexity index is 564. The highest BCUT2D eigenvalue weighted by Gasteiger charge is 2.20. The Kier molecular flexibility index (Phi) is 11.1. The molecule has 1 aromatic rings. The van der Waals surface area contributed by atoms with Gasteiger partial charge in [0.2, 0.25) is 0 Å². The summed E-state index contributed by atoms with van der Waals surface area (Å²) in [7, 11) is 5.62. The maximum atomic E-state index is 13.8. The van der Waals surface area contributed by atoms with E-state index in [1.165, 1.54) is 18.9 Å². The molecule has 1 aliphatic rings. The fraction of sp³-hybridized carbons (Fsp3) is 0.632. The van der Waals surface area contributed by atoms with E-state index in [-0.39, 0.29) is 29.8 Å². The lowest BCUT2D eigenvalue weighted by Crippen LogP contribution is -2.37. The zero-order valence-corrected chi connectivity index (χ0v) is 18.4. The van der Waals surface area contributed by atoms with Crippen molar-refractivity contribution in [2.24, 2.45) is 10.9 Å². The van der Waals surface area contributed by atoms with E-state index in [4.69, 9.17) is 4.74 Å². The van der Waals surface area contributed by atoms with Crippen LogP contribution >= 0.6 is 24.0 Å². The topological polar surface area (TPSA) is 48.9 Å². The predicted molar refractivity (Wildman–Crippen MR) is 116 cm³/mol. The molecule has 1 saturated carbocycles. The minimum atomic E-state index is -0.161. The molecule has 0 aliphatic heterocycles. The third-order valence-corrected chi connectivity index (χ3v) is 4.09. The quantitative estimate of drug-likeness (QED) is 0.235. The first-order valence-corrected chi connectivity index (χ1v) is 9.02. The minimum Gasteiger partial charge on any atom is -0.381 e. The van der Waals surface area contributed by atoms with Gasteiger partial charge in [0.15, 0.2) is 5.96 Å². The van der Waals surface area contributed by atoms with Gasteiger partial charge in [-0.15, -0.1) is 24.0 Å². The Balaban J connectivity index is 0.00000338. The van der Waals surface area contributed by atoms with Crippen molar-refractivity contribution in [3.05, 3.63) is 35.1 Å². The zero-order chi connectivity index (χ0) is 18.1. The second kappa shape index (κ2) is 12.5. The molecule has 1 aliphatic carbocycles. The summed E-state index contributed by atoms with van der Waals surface area (Å²) in [5.41, 5.74) is 1.74. The van der Waals surface area contributed by atoms with Crippen LogP contribution in [0.5, 0.6) is 0 Å². The second-order valence-corrected chi connectivity index (χ2v) is 6.89. The molecule has 148 valence electrons. The van der Waals surface area contributed by atoms with Gasteiger partial charge in [-0.3, -0.25) is 4.99 Å². The summed E-state index contributed by atoms with van der Waals surface area (Å²) in [6.45, 7) is 3.71. The van der Waals surface area contributed by atoms with E-state index >= 15 is 0 Å². The monoisotopic (exact) mass is 478 g/mol. The highest BCUT2D eigenvalue weighted by atomic mass is 127. The highest BCUT2D eigenvalue weighted by Crippen LogP contribution is 2.28. The third kappa shape index (κ3) is 9.14. The lowest BCUT2D eigenvalue weighted by Gasteiger charge is -2.14. The molecule has 5 nitrogen and oxygen atoms in total. The van der Waals surface area contributed by atoms with E-state index in [0.717, 1.165) is 43.6 Å². The first kappa shape index (κ1) is 23.1. The number of nitrogens with zero attached hydrogens (tertiary/aromatic N) is 2. The van der Waals surface area contributed by atoms with Crippen molar-refractivity contribution in [1.82, 2.24) is 15.5 Å². The highest BCUT2D eigenvalue weighted by molar-refractivity contribution is 14.0. The molecule has 0 unspecified atom stereocenters. The number of guanidine groups is 1. The smallest absolute Gasteiger partial charge is 0.191 e. The molecule has 1 aromatic carbocycles. The molecule has 0 spiro atoms. The Morgan fingerprint density at radius 2 is 2.08 bits per heavy atom. The molecule has 2 rings (SSSR count). The molecule has 0 saturated heterocycles. The molecule has 0 atom stereocenters. The van der Waals surface area contributed by atoms with Gasteiger partial charge in [0.05, 0.1) is 0 Å². The summed E-state index contributed by atoms with van der Waals surface area (Å²) in [5, 5.41) is 6.55. The van der Waals surface area contributed by atoms with Gasteiger partial charge in [-0.05, 0) is 57.0 Å². The first-order valence-electron chi connectivity index (χ1n) is 9.02. The van der Waals surface area contributed by atoms with Crippen LogP contribution in [0.3, 0.4) is 0 Å². The summed E-state index contributed by atoms with van der Waals surface area (Å²) in [5.74, 6) is 1.40. The number of ether oxygens (including phenoxy) is 1. The van der Waals surface area contributed by atoms with Crippen molar-refractivity contribution in [3.8, 4) is 0 Å². The number of benzene rings is 1. The second-order valence-electron chi connectivity index (χ2n) is 6.89. The SMILES string of the molecule is CN=C(NCCCOCC1CC1)NCc1ccc(F)c(CN(C)C)c1.I. The van der Waals surface area contributed by atoms with Gasteiger partial charge in [0, 0.05) is 45.5 Å². The summed E-state index contributed by atoms with van der Waals surface area (Å²) in [6, 6.07) is 5.24. The lowest BCUT2D eigenvalue weighted by molar-refractivity contribution is 0.123. The average Bonchev–Trinajstić information content (AvgIpc) is 3.40. The first-order chi connectivity index (χ1) is 12.1. The Morgan fingerprint density at radius 3 is 2.73 bits per heavy atom. The predicted octanol–water partition coefficient (Wildman–Crippen LogP) is 2.99. The molecular weight excluding hydrogens is 446 g/mol. The van der Waals surface area contributed by atoms with Crippen LogP contribution < -0.4 is 10.6 Å². The molecular formula is C19H32FIN4O. The van der Waals surface area contributed by atoms with Crippen LogP contribution in [0.15, 0.2) is 23.2 Å².